The van der Waals surface area contributed by atoms with E-state index < -0.39 is 5.82 Å². The van der Waals surface area contributed by atoms with Crippen LogP contribution in [0, 0.1) is 5.82 Å². The third kappa shape index (κ3) is 3.72. The Labute approximate surface area is 131 Å². The number of hydrogen-bond donors (Lipinski definition) is 1. The van der Waals surface area contributed by atoms with E-state index in [2.05, 4.69) is 21.2 Å². The molecule has 0 bridgehead atoms. The molecule has 0 fully saturated rings. The minimum atomic E-state index is -0.414. The predicted octanol–water partition coefficient (Wildman–Crippen LogP) is 5.14. The molecule has 0 atom stereocenters. The standard InChI is InChI=1S/C15H14BrClFNO/c1-2-19-9-11-12(17)4-3-5-14(11)20-15-8-10(16)6-7-13(15)18/h3-8,19H,2,9H2,1H3. The van der Waals surface area contributed by atoms with Gasteiger partial charge >= 0.3 is 0 Å². The molecule has 0 amide bonds. The van der Waals surface area contributed by atoms with Gasteiger partial charge in [-0.3, -0.25) is 0 Å². The molecule has 106 valence electrons. The zero-order valence-electron chi connectivity index (χ0n) is 10.9. The van der Waals surface area contributed by atoms with Crippen molar-refractivity contribution in [2.75, 3.05) is 6.54 Å². The lowest BCUT2D eigenvalue weighted by molar-refractivity contribution is 0.435. The number of ether oxygens (including phenoxy) is 1. The van der Waals surface area contributed by atoms with Crippen molar-refractivity contribution >= 4 is 27.5 Å². The van der Waals surface area contributed by atoms with Gasteiger partial charge < -0.3 is 10.1 Å². The maximum absolute atomic E-state index is 13.7. The molecule has 0 radical (unpaired) electrons. The maximum Gasteiger partial charge on any atom is 0.165 e. The van der Waals surface area contributed by atoms with Crippen LogP contribution in [0.25, 0.3) is 0 Å². The summed E-state index contributed by atoms with van der Waals surface area (Å²) in [7, 11) is 0. The Morgan fingerprint density at radius 1 is 1.25 bits per heavy atom. The summed E-state index contributed by atoms with van der Waals surface area (Å²) in [4.78, 5) is 0. The Morgan fingerprint density at radius 2 is 2.05 bits per heavy atom. The summed E-state index contributed by atoms with van der Waals surface area (Å²) in [6.45, 7) is 3.39. The molecule has 2 rings (SSSR count). The summed E-state index contributed by atoms with van der Waals surface area (Å²) in [5, 5.41) is 3.79. The van der Waals surface area contributed by atoms with Gasteiger partial charge in [0.05, 0.1) is 0 Å². The highest BCUT2D eigenvalue weighted by Crippen LogP contribution is 2.32. The topological polar surface area (TPSA) is 21.3 Å². The first-order valence-electron chi connectivity index (χ1n) is 6.23. The van der Waals surface area contributed by atoms with Gasteiger partial charge in [-0.15, -0.1) is 0 Å². The highest BCUT2D eigenvalue weighted by molar-refractivity contribution is 9.10. The quantitative estimate of drug-likeness (QED) is 0.798. The molecule has 2 nitrogen and oxygen atoms in total. The van der Waals surface area contributed by atoms with E-state index >= 15 is 0 Å². The van der Waals surface area contributed by atoms with Gasteiger partial charge in [-0.25, -0.2) is 4.39 Å². The maximum atomic E-state index is 13.7. The minimum Gasteiger partial charge on any atom is -0.454 e. The Bertz CT molecular complexity index is 606. The molecule has 1 N–H and O–H groups in total. The molecule has 0 saturated carbocycles. The number of benzene rings is 2. The van der Waals surface area contributed by atoms with E-state index in [1.165, 1.54) is 6.07 Å². The molecule has 0 heterocycles. The summed E-state index contributed by atoms with van der Waals surface area (Å²) < 4.78 is 20.2. The SMILES string of the molecule is CCNCc1c(Cl)cccc1Oc1cc(Br)ccc1F. The van der Waals surface area contributed by atoms with Crippen LogP contribution in [0.4, 0.5) is 4.39 Å². The van der Waals surface area contributed by atoms with Gasteiger partial charge in [0, 0.05) is 21.6 Å². The monoisotopic (exact) mass is 357 g/mol. The van der Waals surface area contributed by atoms with Crippen molar-refractivity contribution in [1.29, 1.82) is 0 Å². The van der Waals surface area contributed by atoms with Gasteiger partial charge in [0.1, 0.15) is 5.75 Å². The van der Waals surface area contributed by atoms with E-state index in [0.29, 0.717) is 17.3 Å². The van der Waals surface area contributed by atoms with E-state index in [-0.39, 0.29) is 5.75 Å². The number of nitrogens with one attached hydrogen (secondary N) is 1. The van der Waals surface area contributed by atoms with Crippen molar-refractivity contribution in [3.8, 4) is 11.5 Å². The normalized spacial score (nSPS) is 10.6. The van der Waals surface area contributed by atoms with Crippen LogP contribution < -0.4 is 10.1 Å². The molecule has 20 heavy (non-hydrogen) atoms. The van der Waals surface area contributed by atoms with Gasteiger partial charge in [-0.2, -0.15) is 0 Å². The Hall–Kier alpha value is -1.10. The third-order valence-corrected chi connectivity index (χ3v) is 3.59. The predicted molar refractivity (Wildman–Crippen MR) is 83.0 cm³/mol. The molecular weight excluding hydrogens is 345 g/mol. The fraction of sp³-hybridized carbons (Fsp3) is 0.200. The van der Waals surface area contributed by atoms with Crippen molar-refractivity contribution < 1.29 is 9.13 Å². The first-order chi connectivity index (χ1) is 9.61. The van der Waals surface area contributed by atoms with Crippen LogP contribution in [0.1, 0.15) is 12.5 Å². The van der Waals surface area contributed by atoms with E-state index in [0.717, 1.165) is 16.6 Å². The summed E-state index contributed by atoms with van der Waals surface area (Å²) in [6.07, 6.45) is 0. The van der Waals surface area contributed by atoms with Crippen molar-refractivity contribution in [3.63, 3.8) is 0 Å². The van der Waals surface area contributed by atoms with Crippen LogP contribution in [0.2, 0.25) is 5.02 Å². The molecule has 0 aromatic heterocycles. The first-order valence-corrected chi connectivity index (χ1v) is 7.40. The van der Waals surface area contributed by atoms with E-state index in [1.807, 2.05) is 6.92 Å². The second-order valence-electron chi connectivity index (χ2n) is 4.17. The van der Waals surface area contributed by atoms with Crippen LogP contribution in [-0.2, 0) is 6.54 Å². The van der Waals surface area contributed by atoms with Crippen molar-refractivity contribution in [2.24, 2.45) is 0 Å². The van der Waals surface area contributed by atoms with Crippen LogP contribution >= 0.6 is 27.5 Å². The molecule has 2 aromatic carbocycles. The number of rotatable bonds is 5. The molecular formula is C15H14BrClFNO. The van der Waals surface area contributed by atoms with Crippen molar-refractivity contribution in [1.82, 2.24) is 5.32 Å². The molecule has 2 aromatic rings. The third-order valence-electron chi connectivity index (χ3n) is 2.74. The number of halogens is 3. The highest BCUT2D eigenvalue weighted by atomic mass is 79.9. The molecule has 5 heteroatoms. The molecule has 0 spiro atoms. The van der Waals surface area contributed by atoms with E-state index in [9.17, 15) is 4.39 Å². The molecule has 0 aliphatic carbocycles. The summed E-state index contributed by atoms with van der Waals surface area (Å²) >= 11 is 9.48. The highest BCUT2D eigenvalue weighted by Gasteiger charge is 2.11. The lowest BCUT2D eigenvalue weighted by Gasteiger charge is -2.13. The van der Waals surface area contributed by atoms with E-state index in [1.54, 1.807) is 30.3 Å². The zero-order chi connectivity index (χ0) is 14.5. The first kappa shape index (κ1) is 15.3. The van der Waals surface area contributed by atoms with Gasteiger partial charge in [-0.1, -0.05) is 40.5 Å². The molecule has 0 aliphatic rings. The van der Waals surface area contributed by atoms with E-state index in [4.69, 9.17) is 16.3 Å². The average molecular weight is 359 g/mol. The fourth-order valence-corrected chi connectivity index (χ4v) is 2.30. The van der Waals surface area contributed by atoms with Crippen molar-refractivity contribution in [2.45, 2.75) is 13.5 Å². The second kappa shape index (κ2) is 7.07. The lowest BCUT2D eigenvalue weighted by atomic mass is 10.2. The van der Waals surface area contributed by atoms with Crippen LogP contribution in [0.3, 0.4) is 0 Å². The molecule has 0 unspecified atom stereocenters. The fourth-order valence-electron chi connectivity index (χ4n) is 1.73. The Kier molecular flexibility index (Phi) is 5.40. The number of hydrogen-bond acceptors (Lipinski definition) is 2. The average Bonchev–Trinajstić information content (AvgIpc) is 2.42. The van der Waals surface area contributed by atoms with Gasteiger partial charge in [-0.05, 0) is 36.9 Å². The van der Waals surface area contributed by atoms with Gasteiger partial charge in [0.15, 0.2) is 11.6 Å². The zero-order valence-corrected chi connectivity index (χ0v) is 13.3. The minimum absolute atomic E-state index is 0.166. The van der Waals surface area contributed by atoms with Crippen LogP contribution in [0.5, 0.6) is 11.5 Å². The van der Waals surface area contributed by atoms with Crippen LogP contribution in [-0.4, -0.2) is 6.54 Å². The van der Waals surface area contributed by atoms with Crippen LogP contribution in [0.15, 0.2) is 40.9 Å². The molecule has 0 saturated heterocycles. The second-order valence-corrected chi connectivity index (χ2v) is 5.50. The summed E-state index contributed by atoms with van der Waals surface area (Å²) in [6, 6.07) is 9.92. The Morgan fingerprint density at radius 3 is 2.80 bits per heavy atom. The van der Waals surface area contributed by atoms with Crippen molar-refractivity contribution in [3.05, 3.63) is 57.3 Å². The largest absolute Gasteiger partial charge is 0.454 e. The molecule has 0 aliphatic heterocycles. The smallest absolute Gasteiger partial charge is 0.165 e. The summed E-state index contributed by atoms with van der Waals surface area (Å²) in [5.74, 6) is 0.303. The lowest BCUT2D eigenvalue weighted by Crippen LogP contribution is -2.12. The summed E-state index contributed by atoms with van der Waals surface area (Å²) in [5.41, 5.74) is 0.815. The van der Waals surface area contributed by atoms with Gasteiger partial charge in [0.25, 0.3) is 0 Å². The Balaban J connectivity index is 2.33. The van der Waals surface area contributed by atoms with Gasteiger partial charge in [0.2, 0.25) is 0 Å².